The molecule has 0 bridgehead atoms. The van der Waals surface area contributed by atoms with Gasteiger partial charge in [-0.25, -0.2) is 0 Å². The van der Waals surface area contributed by atoms with Crippen LogP contribution in [0.5, 0.6) is 11.5 Å². The molecular weight excluding hydrogens is 260 g/mol. The predicted octanol–water partition coefficient (Wildman–Crippen LogP) is 5.41. The smallest absolute Gasteiger partial charge is 0.162 e. The van der Waals surface area contributed by atoms with Crippen molar-refractivity contribution in [1.29, 1.82) is 0 Å². The Balaban J connectivity index is 3.02. The van der Waals surface area contributed by atoms with Crippen LogP contribution in [0.25, 0.3) is 6.08 Å². The van der Waals surface area contributed by atoms with Crippen LogP contribution >= 0.6 is 0 Å². The molecule has 0 aromatic heterocycles. The van der Waals surface area contributed by atoms with Crippen LogP contribution in [0.2, 0.25) is 0 Å². The maximum atomic E-state index is 6.14. The summed E-state index contributed by atoms with van der Waals surface area (Å²) in [6.07, 6.45) is 9.90. The van der Waals surface area contributed by atoms with Crippen LogP contribution < -0.4 is 9.47 Å². The lowest BCUT2D eigenvalue weighted by Gasteiger charge is -2.20. The summed E-state index contributed by atoms with van der Waals surface area (Å²) in [5.41, 5.74) is 2.32. The fourth-order valence-electron chi connectivity index (χ4n) is 2.16. The predicted molar refractivity (Wildman–Crippen MR) is 91.0 cm³/mol. The van der Waals surface area contributed by atoms with Crippen LogP contribution in [-0.4, -0.2) is 13.2 Å². The van der Waals surface area contributed by atoms with E-state index in [2.05, 4.69) is 26.5 Å². The highest BCUT2D eigenvalue weighted by Gasteiger charge is 2.14. The summed E-state index contributed by atoms with van der Waals surface area (Å²) in [6.45, 7) is 10.0. The highest BCUT2D eigenvalue weighted by Crippen LogP contribution is 2.31. The minimum Gasteiger partial charge on any atom is -0.493 e. The zero-order valence-electron chi connectivity index (χ0n) is 13.6. The third-order valence-corrected chi connectivity index (χ3v) is 3.23. The Bertz CT molecular complexity index is 512. The minimum atomic E-state index is 0.00363. The first kappa shape index (κ1) is 17.1. The standard InChI is InChI=1S/C19H26O2/c1-6-9-15(4)17(11-8-3)21-18-13-12-16(10-7-2)14-19(18)20-5/h7-10,12-14,17H,3,6,11H2,1-2,4-5H3. The number of methoxy groups -OCH3 is 1. The molecule has 0 spiro atoms. The summed E-state index contributed by atoms with van der Waals surface area (Å²) in [5.74, 6) is 1.52. The third-order valence-electron chi connectivity index (χ3n) is 3.23. The van der Waals surface area contributed by atoms with Gasteiger partial charge in [0.1, 0.15) is 6.10 Å². The van der Waals surface area contributed by atoms with Crippen LogP contribution in [0.4, 0.5) is 0 Å². The molecule has 0 radical (unpaired) electrons. The maximum Gasteiger partial charge on any atom is 0.162 e. The summed E-state index contributed by atoms with van der Waals surface area (Å²) in [4.78, 5) is 0. The Morgan fingerprint density at radius 2 is 2.10 bits per heavy atom. The molecule has 0 heterocycles. The summed E-state index contributed by atoms with van der Waals surface area (Å²) in [5, 5.41) is 0. The van der Waals surface area contributed by atoms with E-state index < -0.39 is 0 Å². The largest absolute Gasteiger partial charge is 0.493 e. The fraction of sp³-hybridized carbons (Fsp3) is 0.368. The molecule has 0 N–H and O–H groups in total. The van der Waals surface area contributed by atoms with Gasteiger partial charge >= 0.3 is 0 Å². The quantitative estimate of drug-likeness (QED) is 0.595. The molecule has 1 rings (SSSR count). The van der Waals surface area contributed by atoms with Crippen molar-refractivity contribution in [3.05, 3.63) is 54.1 Å². The lowest BCUT2D eigenvalue weighted by molar-refractivity contribution is 0.228. The zero-order chi connectivity index (χ0) is 15.7. The summed E-state index contributed by atoms with van der Waals surface area (Å²) in [7, 11) is 1.67. The topological polar surface area (TPSA) is 18.5 Å². The van der Waals surface area contributed by atoms with Gasteiger partial charge in [-0.1, -0.05) is 37.3 Å². The first-order chi connectivity index (χ1) is 10.2. The first-order valence-electron chi connectivity index (χ1n) is 7.41. The zero-order valence-corrected chi connectivity index (χ0v) is 13.6. The molecule has 0 saturated carbocycles. The maximum absolute atomic E-state index is 6.14. The molecule has 114 valence electrons. The summed E-state index contributed by atoms with van der Waals surface area (Å²) in [6, 6.07) is 5.98. The molecule has 0 aliphatic rings. The number of benzene rings is 1. The molecule has 1 aromatic carbocycles. The third kappa shape index (κ3) is 5.14. The number of rotatable bonds is 8. The van der Waals surface area contributed by atoms with Crippen molar-refractivity contribution in [2.24, 2.45) is 0 Å². The fourth-order valence-corrected chi connectivity index (χ4v) is 2.16. The van der Waals surface area contributed by atoms with Crippen molar-refractivity contribution in [2.45, 2.75) is 39.7 Å². The van der Waals surface area contributed by atoms with Crippen LogP contribution in [0.1, 0.15) is 39.2 Å². The van der Waals surface area contributed by atoms with Gasteiger partial charge in [-0.3, -0.25) is 0 Å². The Labute approximate surface area is 128 Å². The van der Waals surface area contributed by atoms with Gasteiger partial charge in [0.15, 0.2) is 11.5 Å². The van der Waals surface area contributed by atoms with Crippen molar-refractivity contribution in [3.63, 3.8) is 0 Å². The number of allylic oxidation sites excluding steroid dienone is 2. The van der Waals surface area contributed by atoms with Gasteiger partial charge in [-0.2, -0.15) is 0 Å². The van der Waals surface area contributed by atoms with Gasteiger partial charge in [0.25, 0.3) is 0 Å². The summed E-state index contributed by atoms with van der Waals surface area (Å²) < 4.78 is 11.6. The Morgan fingerprint density at radius 1 is 1.33 bits per heavy atom. The van der Waals surface area contributed by atoms with Gasteiger partial charge in [-0.15, -0.1) is 6.58 Å². The average molecular weight is 286 g/mol. The first-order valence-corrected chi connectivity index (χ1v) is 7.41. The Morgan fingerprint density at radius 3 is 2.67 bits per heavy atom. The van der Waals surface area contributed by atoms with Gasteiger partial charge in [0.2, 0.25) is 0 Å². The molecule has 1 unspecified atom stereocenters. The number of ether oxygens (including phenoxy) is 2. The van der Waals surface area contributed by atoms with Crippen LogP contribution in [0.3, 0.4) is 0 Å². The molecule has 1 atom stereocenters. The van der Waals surface area contributed by atoms with Crippen LogP contribution in [-0.2, 0) is 0 Å². The molecule has 0 saturated heterocycles. The second-order valence-corrected chi connectivity index (χ2v) is 4.90. The van der Waals surface area contributed by atoms with E-state index >= 15 is 0 Å². The molecule has 0 aliphatic carbocycles. The van der Waals surface area contributed by atoms with Gasteiger partial charge in [0, 0.05) is 6.42 Å². The van der Waals surface area contributed by atoms with E-state index in [0.29, 0.717) is 0 Å². The molecule has 2 nitrogen and oxygen atoms in total. The van der Waals surface area contributed by atoms with Gasteiger partial charge in [0.05, 0.1) is 7.11 Å². The SMILES string of the molecule is C=CCC(Oc1ccc(C=CC)cc1OC)C(C)=CCC. The molecule has 2 heteroatoms. The van der Waals surface area contributed by atoms with E-state index in [1.807, 2.05) is 43.4 Å². The molecule has 0 amide bonds. The average Bonchev–Trinajstić information content (AvgIpc) is 2.48. The molecule has 0 aliphatic heterocycles. The highest BCUT2D eigenvalue weighted by molar-refractivity contribution is 5.55. The summed E-state index contributed by atoms with van der Waals surface area (Å²) >= 11 is 0. The van der Waals surface area contributed by atoms with E-state index in [-0.39, 0.29) is 6.10 Å². The molecular formula is C19H26O2. The lowest BCUT2D eigenvalue weighted by Crippen LogP contribution is -2.17. The van der Waals surface area contributed by atoms with E-state index in [1.54, 1.807) is 7.11 Å². The van der Waals surface area contributed by atoms with Crippen molar-refractivity contribution in [2.75, 3.05) is 7.11 Å². The molecule has 21 heavy (non-hydrogen) atoms. The van der Waals surface area contributed by atoms with E-state index in [4.69, 9.17) is 9.47 Å². The highest BCUT2D eigenvalue weighted by atomic mass is 16.5. The van der Waals surface area contributed by atoms with Crippen molar-refractivity contribution < 1.29 is 9.47 Å². The van der Waals surface area contributed by atoms with Crippen molar-refractivity contribution >= 4 is 6.08 Å². The lowest BCUT2D eigenvalue weighted by atomic mass is 10.1. The minimum absolute atomic E-state index is 0.00363. The Kier molecular flexibility index (Phi) is 7.38. The van der Waals surface area contributed by atoms with Crippen molar-refractivity contribution in [3.8, 4) is 11.5 Å². The molecule has 0 fully saturated rings. The van der Waals surface area contributed by atoms with E-state index in [9.17, 15) is 0 Å². The second kappa shape index (κ2) is 9.06. The van der Waals surface area contributed by atoms with Crippen LogP contribution in [0, 0.1) is 0 Å². The van der Waals surface area contributed by atoms with E-state index in [0.717, 1.165) is 29.9 Å². The second-order valence-electron chi connectivity index (χ2n) is 4.90. The molecule has 1 aromatic rings. The Hall–Kier alpha value is -1.96. The van der Waals surface area contributed by atoms with E-state index in [1.165, 1.54) is 5.57 Å². The van der Waals surface area contributed by atoms with Gasteiger partial charge in [-0.05, 0) is 43.5 Å². The van der Waals surface area contributed by atoms with Crippen molar-refractivity contribution in [1.82, 2.24) is 0 Å². The number of hydrogen-bond acceptors (Lipinski definition) is 2. The number of hydrogen-bond donors (Lipinski definition) is 0. The monoisotopic (exact) mass is 286 g/mol. The normalized spacial score (nSPS) is 13.2. The van der Waals surface area contributed by atoms with Crippen LogP contribution in [0.15, 0.2) is 48.6 Å². The van der Waals surface area contributed by atoms with Gasteiger partial charge < -0.3 is 9.47 Å².